The smallest absolute Gasteiger partial charge is 0.271 e. The van der Waals surface area contributed by atoms with Gasteiger partial charge < -0.3 is 10.1 Å². The van der Waals surface area contributed by atoms with E-state index in [0.29, 0.717) is 23.3 Å². The van der Waals surface area contributed by atoms with Gasteiger partial charge in [-0.15, -0.1) is 0 Å². The Labute approximate surface area is 122 Å². The second-order valence-corrected chi connectivity index (χ2v) is 5.91. The minimum atomic E-state index is -0.480. The number of amides is 1. The second-order valence-electron chi connectivity index (χ2n) is 5.91. The molecule has 112 valence electrons. The van der Waals surface area contributed by atoms with Crippen molar-refractivity contribution in [1.82, 2.24) is 0 Å². The topological polar surface area (TPSA) is 81.5 Å². The van der Waals surface area contributed by atoms with Crippen molar-refractivity contribution in [3.8, 4) is 5.75 Å². The van der Waals surface area contributed by atoms with Gasteiger partial charge in [0, 0.05) is 18.1 Å². The van der Waals surface area contributed by atoms with Gasteiger partial charge in [0.25, 0.3) is 5.69 Å². The molecule has 1 N–H and O–H groups in total. The molecule has 2 aliphatic rings. The molecule has 2 saturated carbocycles. The molecular formula is C15H18N2O4. The molecule has 1 aromatic carbocycles. The summed E-state index contributed by atoms with van der Waals surface area (Å²) < 4.78 is 5.17. The van der Waals surface area contributed by atoms with E-state index < -0.39 is 4.92 Å². The van der Waals surface area contributed by atoms with E-state index in [1.807, 2.05) is 0 Å². The summed E-state index contributed by atoms with van der Waals surface area (Å²) in [5.74, 6) is 1.59. The largest absolute Gasteiger partial charge is 0.495 e. The number of non-ortho nitro benzene ring substituents is 1. The minimum absolute atomic E-state index is 0.0349. The zero-order valence-electron chi connectivity index (χ0n) is 11.9. The summed E-state index contributed by atoms with van der Waals surface area (Å²) in [6.07, 6.45) is 4.43. The average Bonchev–Trinajstić information content (AvgIpc) is 3.09. The summed E-state index contributed by atoms with van der Waals surface area (Å²) in [7, 11) is 1.48. The first-order chi connectivity index (χ1) is 10.1. The molecule has 3 atom stereocenters. The number of methoxy groups -OCH3 is 1. The number of hydrogen-bond acceptors (Lipinski definition) is 4. The molecule has 6 heteroatoms. The molecule has 21 heavy (non-hydrogen) atoms. The summed E-state index contributed by atoms with van der Waals surface area (Å²) in [5, 5.41) is 13.7. The molecule has 0 radical (unpaired) electrons. The van der Waals surface area contributed by atoms with Gasteiger partial charge in [0.1, 0.15) is 5.75 Å². The molecule has 0 spiro atoms. The van der Waals surface area contributed by atoms with E-state index in [1.165, 1.54) is 31.7 Å². The van der Waals surface area contributed by atoms with Crippen LogP contribution in [-0.2, 0) is 4.79 Å². The van der Waals surface area contributed by atoms with Crippen molar-refractivity contribution in [2.45, 2.75) is 25.7 Å². The zero-order valence-corrected chi connectivity index (χ0v) is 11.9. The number of nitro groups is 1. The quantitative estimate of drug-likeness (QED) is 0.682. The van der Waals surface area contributed by atoms with E-state index in [-0.39, 0.29) is 17.5 Å². The van der Waals surface area contributed by atoms with Gasteiger partial charge >= 0.3 is 0 Å². The van der Waals surface area contributed by atoms with Crippen molar-refractivity contribution in [3.63, 3.8) is 0 Å². The molecular weight excluding hydrogens is 272 g/mol. The Hall–Kier alpha value is -2.11. The lowest BCUT2D eigenvalue weighted by Crippen LogP contribution is -2.27. The lowest BCUT2D eigenvalue weighted by atomic mass is 9.88. The van der Waals surface area contributed by atoms with Gasteiger partial charge in [-0.05, 0) is 37.2 Å². The first kappa shape index (κ1) is 13.9. The predicted octanol–water partition coefficient (Wildman–Crippen LogP) is 2.98. The number of ether oxygens (including phenoxy) is 1. The lowest BCUT2D eigenvalue weighted by Gasteiger charge is -2.21. The van der Waals surface area contributed by atoms with E-state index in [2.05, 4.69) is 5.32 Å². The van der Waals surface area contributed by atoms with Crippen molar-refractivity contribution in [1.29, 1.82) is 0 Å². The SMILES string of the molecule is COc1ccc([N+](=O)[O-])cc1NC(=O)C1CC2CCC1C2. The zero-order chi connectivity index (χ0) is 15.0. The fourth-order valence-corrected chi connectivity index (χ4v) is 3.70. The number of carbonyl (C=O) groups excluding carboxylic acids is 1. The van der Waals surface area contributed by atoms with Gasteiger partial charge in [0.05, 0.1) is 17.7 Å². The minimum Gasteiger partial charge on any atom is -0.495 e. The third kappa shape index (κ3) is 2.57. The summed E-state index contributed by atoms with van der Waals surface area (Å²) in [6.45, 7) is 0. The molecule has 1 aromatic rings. The van der Waals surface area contributed by atoms with Crippen molar-refractivity contribution < 1.29 is 14.5 Å². The number of nitro benzene ring substituents is 1. The molecule has 0 saturated heterocycles. The van der Waals surface area contributed by atoms with E-state index in [1.54, 1.807) is 0 Å². The van der Waals surface area contributed by atoms with Crippen molar-refractivity contribution in [3.05, 3.63) is 28.3 Å². The molecule has 2 aliphatic carbocycles. The molecule has 3 rings (SSSR count). The lowest BCUT2D eigenvalue weighted by molar-refractivity contribution is -0.384. The molecule has 0 heterocycles. The number of carbonyl (C=O) groups is 1. The van der Waals surface area contributed by atoms with Crippen LogP contribution in [0.4, 0.5) is 11.4 Å². The molecule has 1 amide bonds. The molecule has 6 nitrogen and oxygen atoms in total. The van der Waals surface area contributed by atoms with E-state index in [4.69, 9.17) is 4.74 Å². The Morgan fingerprint density at radius 2 is 2.19 bits per heavy atom. The highest BCUT2D eigenvalue weighted by Crippen LogP contribution is 2.48. The van der Waals surface area contributed by atoms with Crippen LogP contribution in [0.5, 0.6) is 5.75 Å². The first-order valence-corrected chi connectivity index (χ1v) is 7.21. The van der Waals surface area contributed by atoms with Crippen LogP contribution in [0, 0.1) is 27.9 Å². The number of anilines is 1. The first-order valence-electron chi connectivity index (χ1n) is 7.21. The van der Waals surface area contributed by atoms with Crippen LogP contribution in [0.25, 0.3) is 0 Å². The fraction of sp³-hybridized carbons (Fsp3) is 0.533. The van der Waals surface area contributed by atoms with Gasteiger partial charge in [0.2, 0.25) is 5.91 Å². The Morgan fingerprint density at radius 3 is 2.76 bits per heavy atom. The Kier molecular flexibility index (Phi) is 3.53. The highest BCUT2D eigenvalue weighted by Gasteiger charge is 2.43. The number of nitrogens with zero attached hydrogens (tertiary/aromatic N) is 1. The Bertz CT molecular complexity index is 587. The third-order valence-corrected chi connectivity index (χ3v) is 4.73. The molecule has 0 aromatic heterocycles. The number of hydrogen-bond donors (Lipinski definition) is 1. The highest BCUT2D eigenvalue weighted by atomic mass is 16.6. The van der Waals surface area contributed by atoms with Crippen molar-refractivity contribution in [2.24, 2.45) is 17.8 Å². The van der Waals surface area contributed by atoms with Gasteiger partial charge in [-0.25, -0.2) is 0 Å². The predicted molar refractivity (Wildman–Crippen MR) is 77.2 cm³/mol. The number of rotatable bonds is 4. The van der Waals surface area contributed by atoms with E-state index >= 15 is 0 Å². The number of nitrogens with one attached hydrogen (secondary N) is 1. The number of fused-ring (bicyclic) bond motifs is 2. The van der Waals surface area contributed by atoms with Crippen molar-refractivity contribution in [2.75, 3.05) is 12.4 Å². The summed E-state index contributed by atoms with van der Waals surface area (Å²) in [5.41, 5.74) is 0.318. The van der Waals surface area contributed by atoms with Gasteiger partial charge in [-0.3, -0.25) is 14.9 Å². The van der Waals surface area contributed by atoms with Gasteiger partial charge in [0.15, 0.2) is 0 Å². The van der Waals surface area contributed by atoms with Crippen LogP contribution in [0.15, 0.2) is 18.2 Å². The number of benzene rings is 1. The normalized spacial score (nSPS) is 26.6. The van der Waals surface area contributed by atoms with Crippen LogP contribution < -0.4 is 10.1 Å². The van der Waals surface area contributed by atoms with Gasteiger partial charge in [-0.2, -0.15) is 0 Å². The van der Waals surface area contributed by atoms with Gasteiger partial charge in [-0.1, -0.05) is 6.42 Å². The van der Waals surface area contributed by atoms with Crippen LogP contribution in [-0.4, -0.2) is 17.9 Å². The second kappa shape index (κ2) is 5.35. The summed E-state index contributed by atoms with van der Waals surface area (Å²) >= 11 is 0. The monoisotopic (exact) mass is 290 g/mol. The van der Waals surface area contributed by atoms with E-state index in [9.17, 15) is 14.9 Å². The third-order valence-electron chi connectivity index (χ3n) is 4.73. The van der Waals surface area contributed by atoms with Crippen LogP contribution in [0.3, 0.4) is 0 Å². The Balaban J connectivity index is 1.78. The van der Waals surface area contributed by atoms with Crippen LogP contribution in [0.1, 0.15) is 25.7 Å². The summed E-state index contributed by atoms with van der Waals surface area (Å²) in [4.78, 5) is 22.8. The summed E-state index contributed by atoms with van der Waals surface area (Å²) in [6, 6.07) is 4.23. The fourth-order valence-electron chi connectivity index (χ4n) is 3.70. The molecule has 3 unspecified atom stereocenters. The molecule has 2 fully saturated rings. The average molecular weight is 290 g/mol. The van der Waals surface area contributed by atoms with Crippen LogP contribution in [0.2, 0.25) is 0 Å². The maximum absolute atomic E-state index is 12.4. The molecule has 0 aliphatic heterocycles. The maximum atomic E-state index is 12.4. The highest BCUT2D eigenvalue weighted by molar-refractivity contribution is 5.94. The van der Waals surface area contributed by atoms with Crippen LogP contribution >= 0.6 is 0 Å². The Morgan fingerprint density at radius 1 is 1.38 bits per heavy atom. The van der Waals surface area contributed by atoms with E-state index in [0.717, 1.165) is 19.3 Å². The maximum Gasteiger partial charge on any atom is 0.271 e. The van der Waals surface area contributed by atoms with Crippen molar-refractivity contribution >= 4 is 17.3 Å². The standard InChI is InChI=1S/C15H18N2O4/c1-21-14-5-4-11(17(19)20)8-13(14)16-15(18)12-7-9-2-3-10(12)6-9/h4-5,8-10,12H,2-3,6-7H2,1H3,(H,16,18). The molecule has 2 bridgehead atoms.